The standard InChI is InChI=1S/C27H43N2OSi/c1-25(2,3)28(10)18-22-20-16-14-13-15-17-21(20)23(19-29(30)26(4,5)6)24(22)31(11,12)27(7,8)9/h13-19H,1-12H3/q+1/b28-18-,29-19-. The Kier molecular flexibility index (Phi) is 6.69. The third-order valence-corrected chi connectivity index (χ3v) is 12.5. The van der Waals surface area contributed by atoms with Crippen LogP contribution < -0.4 is 5.19 Å². The van der Waals surface area contributed by atoms with Crippen molar-refractivity contribution in [1.29, 1.82) is 0 Å². The van der Waals surface area contributed by atoms with E-state index in [-0.39, 0.29) is 10.6 Å². The van der Waals surface area contributed by atoms with Gasteiger partial charge in [-0.3, -0.25) is 0 Å². The molecule has 0 radical (unpaired) electrons. The minimum atomic E-state index is -1.99. The van der Waals surface area contributed by atoms with Gasteiger partial charge in [0.1, 0.15) is 7.05 Å². The Morgan fingerprint density at radius 2 is 1.19 bits per heavy atom. The fourth-order valence-corrected chi connectivity index (χ4v) is 5.94. The smallest absolute Gasteiger partial charge is 0.182 e. The van der Waals surface area contributed by atoms with E-state index >= 15 is 0 Å². The van der Waals surface area contributed by atoms with Gasteiger partial charge in [0.05, 0.1) is 8.07 Å². The van der Waals surface area contributed by atoms with Crippen molar-refractivity contribution in [2.75, 3.05) is 7.05 Å². The van der Waals surface area contributed by atoms with Crippen LogP contribution in [0.3, 0.4) is 0 Å². The van der Waals surface area contributed by atoms with Crippen molar-refractivity contribution >= 4 is 25.7 Å². The molecule has 2 rings (SSSR count). The molecule has 4 heteroatoms. The largest absolute Gasteiger partial charge is 0.623 e. The summed E-state index contributed by atoms with van der Waals surface area (Å²) >= 11 is 0. The van der Waals surface area contributed by atoms with Crippen LogP contribution in [0.1, 0.15) is 73.4 Å². The molecule has 0 amide bonds. The highest BCUT2D eigenvalue weighted by molar-refractivity contribution is 6.93. The van der Waals surface area contributed by atoms with E-state index in [0.29, 0.717) is 0 Å². The second-order valence-corrected chi connectivity index (χ2v) is 17.6. The van der Waals surface area contributed by atoms with E-state index in [9.17, 15) is 5.21 Å². The molecule has 3 nitrogen and oxygen atoms in total. The normalized spacial score (nSPS) is 15.0. The highest BCUT2D eigenvalue weighted by atomic mass is 28.3. The van der Waals surface area contributed by atoms with Gasteiger partial charge in [0.15, 0.2) is 23.5 Å². The number of hydrogen-bond donors (Lipinski definition) is 0. The fraction of sp³-hybridized carbons (Fsp3) is 0.556. The van der Waals surface area contributed by atoms with E-state index in [1.54, 1.807) is 0 Å². The molecule has 0 N–H and O–H groups in total. The number of hydroxylamine groups is 1. The molecule has 0 saturated carbocycles. The van der Waals surface area contributed by atoms with Crippen LogP contribution in [0.2, 0.25) is 18.1 Å². The molecule has 31 heavy (non-hydrogen) atoms. The molecule has 0 aromatic carbocycles. The van der Waals surface area contributed by atoms with Crippen LogP contribution in [-0.4, -0.2) is 47.9 Å². The van der Waals surface area contributed by atoms with E-state index in [1.165, 1.54) is 16.3 Å². The molecule has 2 aliphatic rings. The van der Waals surface area contributed by atoms with Crippen LogP contribution >= 0.6 is 0 Å². The first-order valence-electron chi connectivity index (χ1n) is 11.3. The lowest BCUT2D eigenvalue weighted by molar-refractivity contribution is -0.565. The third-order valence-electron chi connectivity index (χ3n) is 6.95. The van der Waals surface area contributed by atoms with E-state index in [4.69, 9.17) is 0 Å². The molecule has 0 aromatic heterocycles. The lowest BCUT2D eigenvalue weighted by Gasteiger charge is -2.38. The van der Waals surface area contributed by atoms with E-state index in [1.807, 2.05) is 27.0 Å². The van der Waals surface area contributed by atoms with Gasteiger partial charge in [-0.05, 0) is 42.1 Å². The molecule has 0 spiro atoms. The molecule has 0 heterocycles. The van der Waals surface area contributed by atoms with Gasteiger partial charge in [-0.15, -0.1) is 0 Å². The summed E-state index contributed by atoms with van der Waals surface area (Å²) in [5, 5.41) is 14.6. The topological polar surface area (TPSA) is 29.1 Å². The van der Waals surface area contributed by atoms with Gasteiger partial charge in [0, 0.05) is 31.9 Å². The summed E-state index contributed by atoms with van der Waals surface area (Å²) in [5.41, 5.74) is 4.25. The Hall–Kier alpha value is -1.94. The molecule has 0 saturated heterocycles. The molecule has 170 valence electrons. The van der Waals surface area contributed by atoms with Gasteiger partial charge in [-0.1, -0.05) is 64.2 Å². The highest BCUT2D eigenvalue weighted by Crippen LogP contribution is 2.40. The molecule has 0 aliphatic heterocycles. The van der Waals surface area contributed by atoms with Crippen molar-refractivity contribution in [3.8, 4) is 11.1 Å². The summed E-state index contributed by atoms with van der Waals surface area (Å²) in [6, 6.07) is 10.6. The molecule has 2 aliphatic carbocycles. The molecular weight excluding hydrogens is 396 g/mol. The second kappa shape index (κ2) is 8.20. The maximum Gasteiger partial charge on any atom is 0.182 e. The van der Waals surface area contributed by atoms with Crippen LogP contribution in [0.4, 0.5) is 0 Å². The SMILES string of the molecule is C/[N+](=C/c1c2cccccc-2c(/C=[N+](\[O-])C(C)(C)C)c1[Si](C)(C)C(C)(C)C)C(C)(C)C. The average molecular weight is 440 g/mol. The minimum Gasteiger partial charge on any atom is -0.623 e. The number of nitrogens with zero attached hydrogens (tertiary/aromatic N) is 2. The van der Waals surface area contributed by atoms with Gasteiger partial charge < -0.3 is 5.21 Å². The van der Waals surface area contributed by atoms with Gasteiger partial charge in [0.2, 0.25) is 0 Å². The van der Waals surface area contributed by atoms with Crippen LogP contribution in [-0.2, 0) is 0 Å². The summed E-state index contributed by atoms with van der Waals surface area (Å²) in [6.07, 6.45) is 4.16. The maximum atomic E-state index is 13.1. The van der Waals surface area contributed by atoms with Gasteiger partial charge >= 0.3 is 0 Å². The first-order valence-corrected chi connectivity index (χ1v) is 14.3. The number of hydrogen-bond acceptors (Lipinski definition) is 1. The van der Waals surface area contributed by atoms with Crippen molar-refractivity contribution in [3.63, 3.8) is 0 Å². The van der Waals surface area contributed by atoms with E-state index in [2.05, 4.69) is 103 Å². The Bertz CT molecular complexity index is 915. The molecular formula is C27H43N2OSi+. The van der Waals surface area contributed by atoms with E-state index < -0.39 is 13.6 Å². The van der Waals surface area contributed by atoms with Crippen molar-refractivity contribution in [2.24, 2.45) is 0 Å². The average Bonchev–Trinajstić information content (AvgIpc) is 2.73. The van der Waals surface area contributed by atoms with Crippen LogP contribution in [0, 0.1) is 5.21 Å². The quantitative estimate of drug-likeness (QED) is 0.187. The third kappa shape index (κ3) is 5.11. The summed E-state index contributed by atoms with van der Waals surface area (Å²) in [7, 11) is 0.162. The summed E-state index contributed by atoms with van der Waals surface area (Å²) < 4.78 is 3.43. The van der Waals surface area contributed by atoms with Gasteiger partial charge in [0.25, 0.3) is 0 Å². The molecule has 0 atom stereocenters. The second-order valence-electron chi connectivity index (χ2n) is 12.4. The molecule has 0 bridgehead atoms. The van der Waals surface area contributed by atoms with Crippen molar-refractivity contribution in [3.05, 3.63) is 46.7 Å². The first-order chi connectivity index (χ1) is 13.9. The van der Waals surface area contributed by atoms with Crippen molar-refractivity contribution < 1.29 is 9.31 Å². The lowest BCUT2D eigenvalue weighted by atomic mass is 10.1. The summed E-state index contributed by atoms with van der Waals surface area (Å²) in [6.45, 7) is 24.5. The summed E-state index contributed by atoms with van der Waals surface area (Å²) in [5.74, 6) is 0. The predicted molar refractivity (Wildman–Crippen MR) is 140 cm³/mol. The highest BCUT2D eigenvalue weighted by Gasteiger charge is 2.43. The number of rotatable bonds is 3. The maximum absolute atomic E-state index is 13.1. The van der Waals surface area contributed by atoms with Gasteiger partial charge in [-0.25, -0.2) is 9.31 Å². The van der Waals surface area contributed by atoms with Gasteiger partial charge in [-0.2, -0.15) is 0 Å². The van der Waals surface area contributed by atoms with Crippen LogP contribution in [0.15, 0.2) is 30.3 Å². The Morgan fingerprint density at radius 3 is 1.58 bits per heavy atom. The number of fused-ring (bicyclic) bond motifs is 1. The zero-order valence-electron chi connectivity index (χ0n) is 21.8. The molecule has 0 fully saturated rings. The fourth-order valence-electron chi connectivity index (χ4n) is 3.45. The molecule has 0 aromatic rings. The lowest BCUT2D eigenvalue weighted by Crippen LogP contribution is -2.52. The van der Waals surface area contributed by atoms with Crippen LogP contribution in [0.5, 0.6) is 0 Å². The van der Waals surface area contributed by atoms with Crippen molar-refractivity contribution in [2.45, 2.75) is 91.5 Å². The zero-order chi connectivity index (χ0) is 24.0. The predicted octanol–water partition coefficient (Wildman–Crippen LogP) is 6.09. The van der Waals surface area contributed by atoms with Crippen molar-refractivity contribution in [1.82, 2.24) is 0 Å². The Labute approximate surface area is 191 Å². The monoisotopic (exact) mass is 439 g/mol. The Balaban J connectivity index is 3.11. The van der Waals surface area contributed by atoms with E-state index in [0.717, 1.165) is 15.9 Å². The Morgan fingerprint density at radius 1 is 0.742 bits per heavy atom. The van der Waals surface area contributed by atoms with Crippen LogP contribution in [0.25, 0.3) is 11.1 Å². The minimum absolute atomic E-state index is 0.00508. The zero-order valence-corrected chi connectivity index (χ0v) is 22.8. The first kappa shape index (κ1) is 25.3. The molecule has 0 unspecified atom stereocenters. The summed E-state index contributed by atoms with van der Waals surface area (Å²) in [4.78, 5) is 0.